The van der Waals surface area contributed by atoms with Crippen LogP contribution in [0.3, 0.4) is 0 Å². The summed E-state index contributed by atoms with van der Waals surface area (Å²) in [5.74, 6) is 0. The van der Waals surface area contributed by atoms with Gasteiger partial charge in [-0.3, -0.25) is 0 Å². The molecule has 14 aromatic carbocycles. The standard InChI is InChI=1S/C76H50N2S/c1-2-16-59(17-3-1)78(74-26-12-15-56-14-4-5-18-64(56)74)63-47-36-54(37-48-63)53-34-43-61(44-35-53)77(62-45-38-55(39-46-62)58-40-49-70-68-21-7-6-19-66(68)67-20-8-9-22-69(67)73(70)50-58)60-41-32-52(33-42-60)51-28-30-57(31-29-51)65-24-13-25-72-71-23-10-11-27-75(71)79-76(65)72/h1-50H. The summed E-state index contributed by atoms with van der Waals surface area (Å²) in [5, 5.41) is 12.8. The normalized spacial score (nSPS) is 11.5. The maximum Gasteiger partial charge on any atom is 0.0540 e. The highest BCUT2D eigenvalue weighted by Gasteiger charge is 2.18. The molecule has 15 rings (SSSR count). The Kier molecular flexibility index (Phi) is 11.4. The van der Waals surface area contributed by atoms with E-state index in [0.717, 1.165) is 45.3 Å². The molecule has 1 heterocycles. The Morgan fingerprint density at radius 3 is 1.18 bits per heavy atom. The third kappa shape index (κ3) is 8.28. The summed E-state index contributed by atoms with van der Waals surface area (Å²) in [6.45, 7) is 0. The number of rotatable bonds is 10. The second-order valence-corrected chi connectivity index (χ2v) is 21.5. The van der Waals surface area contributed by atoms with Crippen LogP contribution in [0.5, 0.6) is 0 Å². The van der Waals surface area contributed by atoms with E-state index in [-0.39, 0.29) is 0 Å². The summed E-state index contributed by atoms with van der Waals surface area (Å²) < 4.78 is 2.66. The highest BCUT2D eigenvalue weighted by atomic mass is 32.1. The van der Waals surface area contributed by atoms with E-state index in [1.165, 1.54) is 96.6 Å². The summed E-state index contributed by atoms with van der Waals surface area (Å²) in [6, 6.07) is 111. The van der Waals surface area contributed by atoms with Crippen LogP contribution in [0.1, 0.15) is 0 Å². The van der Waals surface area contributed by atoms with E-state index in [4.69, 9.17) is 0 Å². The van der Waals surface area contributed by atoms with Gasteiger partial charge in [-0.05, 0) is 161 Å². The minimum atomic E-state index is 1.08. The van der Waals surface area contributed by atoms with E-state index in [1.54, 1.807) is 0 Å². The van der Waals surface area contributed by atoms with Crippen molar-refractivity contribution in [3.05, 3.63) is 303 Å². The zero-order valence-corrected chi connectivity index (χ0v) is 44.0. The SMILES string of the molecule is c1ccc(N(c2ccc(-c3ccc(N(c4ccc(-c5ccc(-c6cccc7c6sc6ccccc67)cc5)cc4)c4ccc(-c5ccc6c7ccccc7c7ccccc7c6c5)cc4)cc3)cc2)c2cccc3ccccc23)cc1. The van der Waals surface area contributed by atoms with Gasteiger partial charge in [0, 0.05) is 54.0 Å². The number of anilines is 6. The smallest absolute Gasteiger partial charge is 0.0540 e. The molecule has 0 N–H and O–H groups in total. The number of benzene rings is 14. The Morgan fingerprint density at radius 2 is 0.595 bits per heavy atom. The van der Waals surface area contributed by atoms with Crippen LogP contribution in [0.15, 0.2) is 303 Å². The highest BCUT2D eigenvalue weighted by molar-refractivity contribution is 7.26. The molecule has 0 unspecified atom stereocenters. The van der Waals surface area contributed by atoms with Crippen LogP contribution in [0, 0.1) is 0 Å². The predicted octanol–water partition coefficient (Wildman–Crippen LogP) is 22.3. The molecule has 0 saturated carbocycles. The predicted molar refractivity (Wildman–Crippen MR) is 340 cm³/mol. The van der Waals surface area contributed by atoms with Crippen molar-refractivity contribution >= 4 is 109 Å². The Labute approximate surface area is 463 Å². The van der Waals surface area contributed by atoms with Crippen molar-refractivity contribution in [1.82, 2.24) is 0 Å². The second kappa shape index (κ2) is 19.5. The van der Waals surface area contributed by atoms with E-state index < -0.39 is 0 Å². The quantitative estimate of drug-likeness (QED) is 0.126. The topological polar surface area (TPSA) is 6.48 Å². The van der Waals surface area contributed by atoms with Crippen LogP contribution in [-0.2, 0) is 0 Å². The molecule has 0 radical (unpaired) electrons. The van der Waals surface area contributed by atoms with Gasteiger partial charge in [-0.2, -0.15) is 0 Å². The summed E-state index contributed by atoms with van der Waals surface area (Å²) in [5.41, 5.74) is 16.2. The number of hydrogen-bond donors (Lipinski definition) is 0. The van der Waals surface area contributed by atoms with Gasteiger partial charge < -0.3 is 9.80 Å². The van der Waals surface area contributed by atoms with E-state index >= 15 is 0 Å². The molecule has 370 valence electrons. The lowest BCUT2D eigenvalue weighted by Crippen LogP contribution is -2.10. The minimum absolute atomic E-state index is 1.08. The molecule has 3 heteroatoms. The van der Waals surface area contributed by atoms with Crippen molar-refractivity contribution in [1.29, 1.82) is 0 Å². The van der Waals surface area contributed by atoms with Crippen LogP contribution in [-0.4, -0.2) is 0 Å². The third-order valence-electron chi connectivity index (χ3n) is 15.9. The fourth-order valence-corrected chi connectivity index (χ4v) is 13.2. The fraction of sp³-hybridized carbons (Fsp3) is 0. The van der Waals surface area contributed by atoms with Gasteiger partial charge in [0.1, 0.15) is 0 Å². The van der Waals surface area contributed by atoms with E-state index in [2.05, 4.69) is 313 Å². The lowest BCUT2D eigenvalue weighted by atomic mass is 9.92. The molecular weight excluding hydrogens is 973 g/mol. The Morgan fingerprint density at radius 1 is 0.215 bits per heavy atom. The summed E-state index contributed by atoms with van der Waals surface area (Å²) in [7, 11) is 0. The third-order valence-corrected chi connectivity index (χ3v) is 17.1. The molecule has 0 amide bonds. The molecule has 0 aliphatic rings. The zero-order chi connectivity index (χ0) is 52.2. The molecule has 2 nitrogen and oxygen atoms in total. The van der Waals surface area contributed by atoms with Gasteiger partial charge in [-0.25, -0.2) is 0 Å². The van der Waals surface area contributed by atoms with E-state index in [1.807, 2.05) is 11.3 Å². The Bertz CT molecular complexity index is 4690. The van der Waals surface area contributed by atoms with Crippen molar-refractivity contribution in [2.45, 2.75) is 0 Å². The van der Waals surface area contributed by atoms with Crippen LogP contribution < -0.4 is 9.80 Å². The fourth-order valence-electron chi connectivity index (χ4n) is 12.0. The molecule has 0 saturated heterocycles. The van der Waals surface area contributed by atoms with Crippen molar-refractivity contribution < 1.29 is 0 Å². The van der Waals surface area contributed by atoms with Gasteiger partial charge >= 0.3 is 0 Å². The molecule has 15 aromatic rings. The summed E-state index contributed by atoms with van der Waals surface area (Å²) in [6.07, 6.45) is 0. The lowest BCUT2D eigenvalue weighted by molar-refractivity contribution is 1.28. The van der Waals surface area contributed by atoms with E-state index in [9.17, 15) is 0 Å². The molecule has 0 fully saturated rings. The first kappa shape index (κ1) is 46.3. The average molecular weight is 1020 g/mol. The maximum absolute atomic E-state index is 2.38. The monoisotopic (exact) mass is 1020 g/mol. The molecule has 79 heavy (non-hydrogen) atoms. The minimum Gasteiger partial charge on any atom is -0.311 e. The average Bonchev–Trinajstić information content (AvgIpc) is 3.96. The molecule has 1 aromatic heterocycles. The van der Waals surface area contributed by atoms with Crippen molar-refractivity contribution in [3.8, 4) is 44.5 Å². The van der Waals surface area contributed by atoms with Gasteiger partial charge in [0.2, 0.25) is 0 Å². The molecular formula is C76H50N2S. The number of fused-ring (bicyclic) bond motifs is 10. The molecule has 0 atom stereocenters. The van der Waals surface area contributed by atoms with Crippen LogP contribution in [0.2, 0.25) is 0 Å². The second-order valence-electron chi connectivity index (χ2n) is 20.4. The molecule has 0 aliphatic carbocycles. The van der Waals surface area contributed by atoms with Crippen LogP contribution in [0.25, 0.3) is 108 Å². The molecule has 0 aliphatic heterocycles. The first-order chi connectivity index (χ1) is 39.2. The zero-order valence-electron chi connectivity index (χ0n) is 43.2. The first-order valence-electron chi connectivity index (χ1n) is 27.1. The largest absolute Gasteiger partial charge is 0.311 e. The van der Waals surface area contributed by atoms with Gasteiger partial charge in [0.15, 0.2) is 0 Å². The summed E-state index contributed by atoms with van der Waals surface area (Å²) >= 11 is 1.88. The van der Waals surface area contributed by atoms with Gasteiger partial charge in [0.05, 0.1) is 5.69 Å². The molecule has 0 spiro atoms. The van der Waals surface area contributed by atoms with Crippen molar-refractivity contribution in [2.24, 2.45) is 0 Å². The lowest BCUT2D eigenvalue weighted by Gasteiger charge is -2.27. The van der Waals surface area contributed by atoms with E-state index in [0.29, 0.717) is 0 Å². The highest BCUT2D eigenvalue weighted by Crippen LogP contribution is 2.44. The number of thiophene rings is 1. The van der Waals surface area contributed by atoms with Crippen LogP contribution >= 0.6 is 11.3 Å². The van der Waals surface area contributed by atoms with Crippen molar-refractivity contribution in [2.75, 3.05) is 9.80 Å². The Balaban J connectivity index is 0.769. The van der Waals surface area contributed by atoms with Gasteiger partial charge in [-0.1, -0.05) is 224 Å². The van der Waals surface area contributed by atoms with Crippen LogP contribution in [0.4, 0.5) is 34.1 Å². The van der Waals surface area contributed by atoms with Crippen molar-refractivity contribution in [3.63, 3.8) is 0 Å². The number of para-hydroxylation sites is 1. The van der Waals surface area contributed by atoms with Gasteiger partial charge in [-0.15, -0.1) is 11.3 Å². The summed E-state index contributed by atoms with van der Waals surface area (Å²) in [4.78, 5) is 4.73. The maximum atomic E-state index is 2.38. The number of hydrogen-bond acceptors (Lipinski definition) is 3. The Hall–Kier alpha value is -10.1. The van der Waals surface area contributed by atoms with Gasteiger partial charge in [0.25, 0.3) is 0 Å². The first-order valence-corrected chi connectivity index (χ1v) is 27.9. The molecule has 0 bridgehead atoms. The number of nitrogens with zero attached hydrogens (tertiary/aromatic N) is 2.